The summed E-state index contributed by atoms with van der Waals surface area (Å²) in [5.41, 5.74) is 9.78. The van der Waals surface area contributed by atoms with Crippen LogP contribution in [0.15, 0.2) is 24.3 Å². The fraction of sp³-hybridized carbons (Fsp3) is 0.600. The Labute approximate surface area is 99.0 Å². The van der Waals surface area contributed by atoms with Crippen molar-refractivity contribution in [2.45, 2.75) is 52.0 Å². The van der Waals surface area contributed by atoms with Crippen molar-refractivity contribution in [3.63, 3.8) is 0 Å². The van der Waals surface area contributed by atoms with E-state index in [9.17, 15) is 0 Å². The van der Waals surface area contributed by atoms with Gasteiger partial charge in [0.1, 0.15) is 0 Å². The second-order valence-electron chi connectivity index (χ2n) is 6.31. The molecule has 2 rings (SSSR count). The maximum Gasteiger partial charge on any atom is 0.0200 e. The Morgan fingerprint density at radius 2 is 1.88 bits per heavy atom. The van der Waals surface area contributed by atoms with E-state index in [0.717, 1.165) is 19.3 Å². The van der Waals surface area contributed by atoms with Crippen LogP contribution < -0.4 is 5.73 Å². The first-order chi connectivity index (χ1) is 7.40. The molecular formula is C15H23N. The molecule has 0 bridgehead atoms. The zero-order valence-corrected chi connectivity index (χ0v) is 10.7. The van der Waals surface area contributed by atoms with E-state index in [1.807, 2.05) is 0 Å². The van der Waals surface area contributed by atoms with E-state index in [1.165, 1.54) is 17.5 Å². The number of benzene rings is 1. The van der Waals surface area contributed by atoms with Crippen LogP contribution in [0.25, 0.3) is 0 Å². The van der Waals surface area contributed by atoms with Gasteiger partial charge in [-0.1, -0.05) is 38.1 Å². The van der Waals surface area contributed by atoms with E-state index < -0.39 is 0 Å². The molecule has 1 aromatic rings. The Kier molecular flexibility index (Phi) is 2.83. The number of hydrogen-bond donors (Lipinski definition) is 1. The highest BCUT2D eigenvalue weighted by molar-refractivity contribution is 5.28. The van der Waals surface area contributed by atoms with Crippen molar-refractivity contribution in [1.29, 1.82) is 0 Å². The number of nitrogens with two attached hydrogens (primary N) is 1. The van der Waals surface area contributed by atoms with Crippen molar-refractivity contribution in [3.8, 4) is 0 Å². The molecule has 0 aliphatic heterocycles. The molecule has 0 spiro atoms. The third-order valence-corrected chi connectivity index (χ3v) is 3.93. The first-order valence-corrected chi connectivity index (χ1v) is 6.24. The third-order valence-electron chi connectivity index (χ3n) is 3.93. The van der Waals surface area contributed by atoms with Crippen molar-refractivity contribution < 1.29 is 0 Å². The van der Waals surface area contributed by atoms with Gasteiger partial charge in [-0.05, 0) is 49.1 Å². The minimum absolute atomic E-state index is 0.0234. The lowest BCUT2D eigenvalue weighted by molar-refractivity contribution is 0.334. The standard InChI is InChI=1S/C15H23N/c1-12-6-4-5-7-13(12)10-15(16)9-8-14(2,3)11-15/h4-7H,8-11,16H2,1-3H3. The van der Waals surface area contributed by atoms with E-state index in [1.54, 1.807) is 0 Å². The van der Waals surface area contributed by atoms with Gasteiger partial charge in [0.05, 0.1) is 0 Å². The fourth-order valence-corrected chi connectivity index (χ4v) is 3.06. The molecule has 88 valence electrons. The quantitative estimate of drug-likeness (QED) is 0.806. The first-order valence-electron chi connectivity index (χ1n) is 6.24. The molecule has 1 unspecified atom stereocenters. The lowest BCUT2D eigenvalue weighted by Gasteiger charge is -2.27. The van der Waals surface area contributed by atoms with Crippen LogP contribution in [-0.4, -0.2) is 5.54 Å². The molecule has 16 heavy (non-hydrogen) atoms. The van der Waals surface area contributed by atoms with Crippen LogP contribution >= 0.6 is 0 Å². The van der Waals surface area contributed by atoms with Crippen molar-refractivity contribution in [2.75, 3.05) is 0 Å². The molecule has 1 nitrogen and oxygen atoms in total. The third kappa shape index (κ3) is 2.46. The molecule has 1 aliphatic carbocycles. The molecule has 0 saturated heterocycles. The molecule has 1 atom stereocenters. The first kappa shape index (κ1) is 11.7. The summed E-state index contributed by atoms with van der Waals surface area (Å²) in [7, 11) is 0. The predicted octanol–water partition coefficient (Wildman–Crippen LogP) is 3.45. The van der Waals surface area contributed by atoms with Gasteiger partial charge in [0.2, 0.25) is 0 Å². The summed E-state index contributed by atoms with van der Waals surface area (Å²) in [5, 5.41) is 0. The number of rotatable bonds is 2. The molecule has 1 aromatic carbocycles. The normalized spacial score (nSPS) is 28.2. The minimum Gasteiger partial charge on any atom is -0.325 e. The molecule has 0 heterocycles. The largest absolute Gasteiger partial charge is 0.325 e. The second kappa shape index (κ2) is 3.89. The zero-order chi connectivity index (χ0) is 11.8. The number of hydrogen-bond acceptors (Lipinski definition) is 1. The summed E-state index contributed by atoms with van der Waals surface area (Å²) in [5.74, 6) is 0. The Bertz CT molecular complexity index is 381. The molecule has 1 saturated carbocycles. The smallest absolute Gasteiger partial charge is 0.0200 e. The molecule has 0 amide bonds. The van der Waals surface area contributed by atoms with Crippen molar-refractivity contribution in [3.05, 3.63) is 35.4 Å². The van der Waals surface area contributed by atoms with Crippen LogP contribution in [0.5, 0.6) is 0 Å². The van der Waals surface area contributed by atoms with Crippen molar-refractivity contribution in [1.82, 2.24) is 0 Å². The minimum atomic E-state index is 0.0234. The van der Waals surface area contributed by atoms with Crippen LogP contribution in [0.4, 0.5) is 0 Å². The molecule has 0 aromatic heterocycles. The van der Waals surface area contributed by atoms with Crippen LogP contribution in [-0.2, 0) is 6.42 Å². The molecule has 1 heteroatoms. The van der Waals surface area contributed by atoms with Gasteiger partial charge in [0.15, 0.2) is 0 Å². The van der Waals surface area contributed by atoms with Gasteiger partial charge in [-0.25, -0.2) is 0 Å². The van der Waals surface area contributed by atoms with Gasteiger partial charge >= 0.3 is 0 Å². The van der Waals surface area contributed by atoms with Gasteiger partial charge in [-0.2, -0.15) is 0 Å². The van der Waals surface area contributed by atoms with Gasteiger partial charge < -0.3 is 5.73 Å². The van der Waals surface area contributed by atoms with Crippen molar-refractivity contribution >= 4 is 0 Å². The van der Waals surface area contributed by atoms with Gasteiger partial charge in [0.25, 0.3) is 0 Å². The second-order valence-corrected chi connectivity index (χ2v) is 6.31. The zero-order valence-electron chi connectivity index (χ0n) is 10.7. The van der Waals surface area contributed by atoms with Crippen LogP contribution in [0.1, 0.15) is 44.2 Å². The van der Waals surface area contributed by atoms with Gasteiger partial charge in [0, 0.05) is 5.54 Å². The predicted molar refractivity (Wildman–Crippen MR) is 69.4 cm³/mol. The summed E-state index contributed by atoms with van der Waals surface area (Å²) in [4.78, 5) is 0. The number of aryl methyl sites for hydroxylation is 1. The highest BCUT2D eigenvalue weighted by Gasteiger charge is 2.40. The maximum atomic E-state index is 6.54. The van der Waals surface area contributed by atoms with E-state index in [4.69, 9.17) is 5.73 Å². The summed E-state index contributed by atoms with van der Waals surface area (Å²) >= 11 is 0. The van der Waals surface area contributed by atoms with E-state index in [2.05, 4.69) is 45.0 Å². The van der Waals surface area contributed by atoms with Crippen LogP contribution in [0, 0.1) is 12.3 Å². The van der Waals surface area contributed by atoms with Gasteiger partial charge in [-0.3, -0.25) is 0 Å². The molecule has 0 radical (unpaired) electrons. The summed E-state index contributed by atoms with van der Waals surface area (Å²) in [6.45, 7) is 6.84. The Hall–Kier alpha value is -0.820. The highest BCUT2D eigenvalue weighted by atomic mass is 14.8. The van der Waals surface area contributed by atoms with Gasteiger partial charge in [-0.15, -0.1) is 0 Å². The average Bonchev–Trinajstić information content (AvgIpc) is 2.45. The highest BCUT2D eigenvalue weighted by Crippen LogP contribution is 2.43. The van der Waals surface area contributed by atoms with Crippen LogP contribution in [0.3, 0.4) is 0 Å². The summed E-state index contributed by atoms with van der Waals surface area (Å²) in [6, 6.07) is 8.61. The van der Waals surface area contributed by atoms with E-state index in [-0.39, 0.29) is 5.54 Å². The summed E-state index contributed by atoms with van der Waals surface area (Å²) < 4.78 is 0. The Morgan fingerprint density at radius 3 is 2.44 bits per heavy atom. The Balaban J connectivity index is 2.14. The SMILES string of the molecule is Cc1ccccc1CC1(N)CCC(C)(C)C1. The molecular weight excluding hydrogens is 194 g/mol. The summed E-state index contributed by atoms with van der Waals surface area (Å²) in [6.07, 6.45) is 4.60. The molecule has 1 fully saturated rings. The van der Waals surface area contributed by atoms with Crippen LogP contribution in [0.2, 0.25) is 0 Å². The van der Waals surface area contributed by atoms with Crippen molar-refractivity contribution in [2.24, 2.45) is 11.1 Å². The maximum absolute atomic E-state index is 6.54. The Morgan fingerprint density at radius 1 is 1.19 bits per heavy atom. The van der Waals surface area contributed by atoms with E-state index in [0.29, 0.717) is 5.41 Å². The monoisotopic (exact) mass is 217 g/mol. The lowest BCUT2D eigenvalue weighted by atomic mass is 9.84. The lowest BCUT2D eigenvalue weighted by Crippen LogP contribution is -2.40. The fourth-order valence-electron chi connectivity index (χ4n) is 3.06. The molecule has 2 N–H and O–H groups in total. The van der Waals surface area contributed by atoms with E-state index >= 15 is 0 Å². The topological polar surface area (TPSA) is 26.0 Å². The average molecular weight is 217 g/mol. The molecule has 1 aliphatic rings.